The molecule has 0 saturated carbocycles. The van der Waals surface area contributed by atoms with Gasteiger partial charge in [0.25, 0.3) is 11.6 Å². The number of phenols is 2. The molecule has 0 bridgehead atoms. The number of carbonyl (C=O) groups excluding carboxylic acids is 4. The number of nitrogens with zero attached hydrogens (tertiary/aromatic N) is 1. The third-order valence-corrected chi connectivity index (χ3v) is 9.42. The molecule has 2 aliphatic carbocycles. The summed E-state index contributed by atoms with van der Waals surface area (Å²) in [4.78, 5) is 63.8. The molecule has 3 aromatic rings. The SMILES string of the molecule is COc1cccc2c1C(=O)c1c(O)c3c(c(O)c1C2=O)C[C@@](O)(C(=O)CO)C[C@@H]3O[C@H]1C[C@H](NC(=O)c2ccc([N+](=O)[O-])cc2)[C@H](O)[C@H](C)O1. The number of Topliss-reactive ketones (excluding diaryl/α,β-unsaturated/α-hetero) is 1. The van der Waals surface area contributed by atoms with Gasteiger partial charge >= 0.3 is 0 Å². The van der Waals surface area contributed by atoms with Crippen LogP contribution in [-0.2, 0) is 20.7 Å². The van der Waals surface area contributed by atoms with Crippen LogP contribution < -0.4 is 10.1 Å². The molecular weight excluding hydrogens is 660 g/mol. The van der Waals surface area contributed by atoms with Crippen molar-refractivity contribution in [2.24, 2.45) is 0 Å². The number of aliphatic hydroxyl groups excluding tert-OH is 2. The van der Waals surface area contributed by atoms with Gasteiger partial charge in [0.05, 0.1) is 47.0 Å². The number of fused-ring (bicyclic) bond motifs is 3. The van der Waals surface area contributed by atoms with Gasteiger partial charge in [-0.15, -0.1) is 0 Å². The zero-order chi connectivity index (χ0) is 36.2. The summed E-state index contributed by atoms with van der Waals surface area (Å²) in [6, 6.07) is 8.02. The molecule has 0 spiro atoms. The topological polar surface area (TPSA) is 252 Å². The van der Waals surface area contributed by atoms with E-state index in [1.54, 1.807) is 0 Å². The highest BCUT2D eigenvalue weighted by atomic mass is 16.7. The lowest BCUT2D eigenvalue weighted by molar-refractivity contribution is -0.384. The summed E-state index contributed by atoms with van der Waals surface area (Å²) in [6.45, 7) is 0.390. The van der Waals surface area contributed by atoms with Crippen LogP contribution in [0.1, 0.15) is 79.2 Å². The average molecular weight is 693 g/mol. The lowest BCUT2D eigenvalue weighted by atomic mass is 9.72. The van der Waals surface area contributed by atoms with E-state index >= 15 is 0 Å². The first kappa shape index (κ1) is 34.6. The van der Waals surface area contributed by atoms with Crippen molar-refractivity contribution in [1.82, 2.24) is 5.32 Å². The molecule has 1 heterocycles. The minimum atomic E-state index is -2.36. The van der Waals surface area contributed by atoms with E-state index in [1.807, 2.05) is 0 Å². The van der Waals surface area contributed by atoms with Crippen molar-refractivity contribution in [1.29, 1.82) is 0 Å². The van der Waals surface area contributed by atoms with Crippen molar-refractivity contribution in [3.63, 3.8) is 0 Å². The highest BCUT2D eigenvalue weighted by molar-refractivity contribution is 6.31. The number of nitro groups is 1. The third-order valence-electron chi connectivity index (χ3n) is 9.42. The molecule has 1 fully saturated rings. The number of methoxy groups -OCH3 is 1. The molecule has 16 heteroatoms. The molecule has 16 nitrogen and oxygen atoms in total. The first-order valence-electron chi connectivity index (χ1n) is 15.5. The number of ether oxygens (including phenoxy) is 3. The van der Waals surface area contributed by atoms with Crippen molar-refractivity contribution >= 4 is 28.9 Å². The van der Waals surface area contributed by atoms with Crippen LogP contribution in [0.15, 0.2) is 42.5 Å². The summed E-state index contributed by atoms with van der Waals surface area (Å²) in [5.74, 6) is -4.87. The van der Waals surface area contributed by atoms with E-state index in [0.29, 0.717) is 0 Å². The van der Waals surface area contributed by atoms with E-state index < -0.39 is 106 Å². The van der Waals surface area contributed by atoms with E-state index in [0.717, 1.165) is 12.1 Å². The van der Waals surface area contributed by atoms with Crippen molar-refractivity contribution in [3.05, 3.63) is 91.5 Å². The number of benzene rings is 3. The molecule has 1 saturated heterocycles. The first-order chi connectivity index (χ1) is 23.7. The van der Waals surface area contributed by atoms with Crippen molar-refractivity contribution in [2.75, 3.05) is 13.7 Å². The number of amides is 1. The van der Waals surface area contributed by atoms with Crippen LogP contribution in [-0.4, -0.2) is 97.6 Å². The van der Waals surface area contributed by atoms with Gasteiger partial charge in [-0.2, -0.15) is 0 Å². The second-order valence-corrected chi connectivity index (χ2v) is 12.4. The Morgan fingerprint density at radius 1 is 1.06 bits per heavy atom. The smallest absolute Gasteiger partial charge is 0.269 e. The predicted octanol–water partition coefficient (Wildman–Crippen LogP) is 1.38. The molecule has 6 atom stereocenters. The van der Waals surface area contributed by atoms with E-state index in [2.05, 4.69) is 5.32 Å². The minimum absolute atomic E-state index is 0.0452. The van der Waals surface area contributed by atoms with Gasteiger partial charge in [0.15, 0.2) is 17.9 Å². The highest BCUT2D eigenvalue weighted by Crippen LogP contribution is 2.52. The molecule has 1 aliphatic heterocycles. The number of nitrogens with one attached hydrogen (secondary N) is 1. The number of nitro benzene ring substituents is 1. The van der Waals surface area contributed by atoms with Crippen molar-refractivity contribution in [3.8, 4) is 17.2 Å². The number of phenolic OH excluding ortho intramolecular Hbond substituents is 2. The maximum Gasteiger partial charge on any atom is 0.269 e. The maximum atomic E-state index is 13.9. The van der Waals surface area contributed by atoms with Crippen LogP contribution in [0.5, 0.6) is 17.2 Å². The lowest BCUT2D eigenvalue weighted by Gasteiger charge is -2.43. The zero-order valence-electron chi connectivity index (χ0n) is 26.6. The number of aromatic hydroxyl groups is 2. The summed E-state index contributed by atoms with van der Waals surface area (Å²) in [6.07, 6.45) is -6.50. The van der Waals surface area contributed by atoms with Crippen LogP contribution in [0, 0.1) is 10.1 Å². The number of rotatable bonds is 8. The Morgan fingerprint density at radius 3 is 2.38 bits per heavy atom. The quantitative estimate of drug-likeness (QED) is 0.0867. The van der Waals surface area contributed by atoms with Crippen molar-refractivity contribution < 1.29 is 63.8 Å². The van der Waals surface area contributed by atoms with Gasteiger partial charge in [-0.05, 0) is 25.1 Å². The molecule has 50 heavy (non-hydrogen) atoms. The molecule has 1 amide bonds. The number of ketones is 3. The third kappa shape index (κ3) is 5.66. The molecule has 3 aliphatic rings. The minimum Gasteiger partial charge on any atom is -0.507 e. The monoisotopic (exact) mass is 692 g/mol. The van der Waals surface area contributed by atoms with Crippen LogP contribution >= 0.6 is 0 Å². The Labute approximate surface area is 283 Å². The van der Waals surface area contributed by atoms with E-state index in [-0.39, 0.29) is 45.7 Å². The lowest BCUT2D eigenvalue weighted by Crippen LogP contribution is -2.55. The van der Waals surface area contributed by atoms with Gasteiger partial charge < -0.3 is 45.1 Å². The molecule has 6 rings (SSSR count). The number of hydrogen-bond acceptors (Lipinski definition) is 14. The second kappa shape index (κ2) is 12.9. The highest BCUT2D eigenvalue weighted by Gasteiger charge is 2.50. The van der Waals surface area contributed by atoms with Gasteiger partial charge in [-0.1, -0.05) is 12.1 Å². The van der Waals surface area contributed by atoms with Gasteiger partial charge in [0, 0.05) is 53.6 Å². The average Bonchev–Trinajstić information content (AvgIpc) is 3.09. The van der Waals surface area contributed by atoms with Crippen LogP contribution in [0.4, 0.5) is 5.69 Å². The summed E-state index contributed by atoms with van der Waals surface area (Å²) >= 11 is 0. The summed E-state index contributed by atoms with van der Waals surface area (Å²) in [7, 11) is 1.29. The number of aliphatic hydroxyl groups is 3. The number of hydrogen-bond donors (Lipinski definition) is 6. The molecular formula is C34H32N2O14. The van der Waals surface area contributed by atoms with Crippen molar-refractivity contribution in [2.45, 2.75) is 62.4 Å². The fourth-order valence-electron chi connectivity index (χ4n) is 6.84. The van der Waals surface area contributed by atoms with Gasteiger partial charge in [0.2, 0.25) is 5.78 Å². The summed E-state index contributed by atoms with van der Waals surface area (Å²) < 4.78 is 17.3. The molecule has 6 N–H and O–H groups in total. The van der Waals surface area contributed by atoms with Crippen LogP contribution in [0.2, 0.25) is 0 Å². The molecule has 3 aromatic carbocycles. The fourth-order valence-corrected chi connectivity index (χ4v) is 6.84. The Morgan fingerprint density at radius 2 is 1.74 bits per heavy atom. The zero-order valence-corrected chi connectivity index (χ0v) is 26.6. The Bertz CT molecular complexity index is 1940. The Hall–Kier alpha value is -5.26. The van der Waals surface area contributed by atoms with Crippen LogP contribution in [0.25, 0.3) is 0 Å². The fraction of sp³-hybridized carbons (Fsp3) is 0.353. The number of non-ortho nitro benzene ring substituents is 1. The Kier molecular flexibility index (Phi) is 8.92. The Balaban J connectivity index is 1.37. The molecule has 0 unspecified atom stereocenters. The predicted molar refractivity (Wildman–Crippen MR) is 168 cm³/mol. The first-order valence-corrected chi connectivity index (χ1v) is 15.5. The van der Waals surface area contributed by atoms with Gasteiger partial charge in [-0.3, -0.25) is 29.3 Å². The molecule has 0 radical (unpaired) electrons. The maximum absolute atomic E-state index is 13.9. The number of carbonyl (C=O) groups is 4. The van der Waals surface area contributed by atoms with E-state index in [9.17, 15) is 54.8 Å². The van der Waals surface area contributed by atoms with E-state index in [1.165, 1.54) is 44.4 Å². The molecule has 0 aromatic heterocycles. The largest absolute Gasteiger partial charge is 0.507 e. The second-order valence-electron chi connectivity index (χ2n) is 12.4. The van der Waals surface area contributed by atoms with E-state index in [4.69, 9.17) is 14.2 Å². The van der Waals surface area contributed by atoms with Gasteiger partial charge in [0.1, 0.15) is 35.6 Å². The van der Waals surface area contributed by atoms with Crippen LogP contribution in [0.3, 0.4) is 0 Å². The van der Waals surface area contributed by atoms with Gasteiger partial charge in [-0.25, -0.2) is 0 Å². The summed E-state index contributed by atoms with van der Waals surface area (Å²) in [5, 5.41) is 68.9. The summed E-state index contributed by atoms with van der Waals surface area (Å²) in [5.41, 5.74) is -4.37. The molecule has 262 valence electrons. The normalized spacial score (nSPS) is 25.6. The standard InChI is InChI=1S/C34H32N2O14/c1-14-28(39)19(35-33(44)15-6-8-16(9-7-15)36(46)47)10-23(49-14)50-21-12-34(45,22(38)13-37)11-18-25(21)32(43)27-26(30(18)41)29(40)17-4-3-5-20(48-2)24(17)31(27)42/h3-9,14,19,21,23,28,37,39,41,43,45H,10-13H2,1-2H3,(H,35,44)/t14-,19-,21-,23-,28+,34-/m0/s1.